The number of fused-ring (bicyclic) bond motifs is 1. The van der Waals surface area contributed by atoms with Crippen molar-refractivity contribution in [3.63, 3.8) is 0 Å². The molecule has 0 aliphatic heterocycles. The Kier molecular flexibility index (Phi) is 6.18. The molecule has 3 nitrogen and oxygen atoms in total. The van der Waals surface area contributed by atoms with Crippen LogP contribution < -0.4 is 5.32 Å². The van der Waals surface area contributed by atoms with E-state index in [1.807, 2.05) is 20.9 Å². The summed E-state index contributed by atoms with van der Waals surface area (Å²) in [6, 6.07) is 15.2. The second kappa shape index (κ2) is 8.13. The van der Waals surface area contributed by atoms with Crippen LogP contribution in [0.3, 0.4) is 0 Å². The topological polar surface area (TPSA) is 30.5 Å². The van der Waals surface area contributed by atoms with Gasteiger partial charge in [-0.2, -0.15) is 0 Å². The molecule has 2 aromatic rings. The number of likely N-dealkylation sites (N-methyl/N-ethyl adjacent to an activating group) is 1. The van der Waals surface area contributed by atoms with Crippen molar-refractivity contribution in [3.8, 4) is 0 Å². The van der Waals surface area contributed by atoms with Crippen LogP contribution in [0.1, 0.15) is 25.5 Å². The molecule has 114 valence electrons. The van der Waals surface area contributed by atoms with Crippen molar-refractivity contribution in [2.45, 2.75) is 26.0 Å². The maximum absolute atomic E-state index is 5.72. The van der Waals surface area contributed by atoms with E-state index in [0.29, 0.717) is 19.8 Å². The molecular formula is C18H25NO2. The summed E-state index contributed by atoms with van der Waals surface area (Å²) in [5, 5.41) is 5.85. The molecule has 0 amide bonds. The van der Waals surface area contributed by atoms with Gasteiger partial charge in [0, 0.05) is 0 Å². The van der Waals surface area contributed by atoms with Crippen molar-refractivity contribution >= 4 is 10.8 Å². The van der Waals surface area contributed by atoms with Crippen molar-refractivity contribution in [3.05, 3.63) is 48.0 Å². The van der Waals surface area contributed by atoms with Crippen LogP contribution in [0.25, 0.3) is 10.8 Å². The fraction of sp³-hybridized carbons (Fsp3) is 0.444. The molecule has 0 aromatic heterocycles. The molecule has 0 spiro atoms. The minimum absolute atomic E-state index is 0.202. The lowest BCUT2D eigenvalue weighted by Crippen LogP contribution is -2.23. The van der Waals surface area contributed by atoms with Crippen LogP contribution in [-0.4, -0.2) is 33.0 Å². The molecule has 1 unspecified atom stereocenters. The monoisotopic (exact) mass is 287 g/mol. The van der Waals surface area contributed by atoms with E-state index in [0.717, 1.165) is 0 Å². The maximum atomic E-state index is 5.72. The third-order valence-electron chi connectivity index (χ3n) is 3.49. The van der Waals surface area contributed by atoms with Crippen LogP contribution in [0.4, 0.5) is 0 Å². The summed E-state index contributed by atoms with van der Waals surface area (Å²) in [6.07, 6.45) is 0.259. The summed E-state index contributed by atoms with van der Waals surface area (Å²) in [5.74, 6) is 0. The molecule has 2 rings (SSSR count). The van der Waals surface area contributed by atoms with Crippen molar-refractivity contribution in [2.24, 2.45) is 0 Å². The molecule has 2 aromatic carbocycles. The Bertz CT molecular complexity index is 554. The first-order valence-corrected chi connectivity index (χ1v) is 7.56. The summed E-state index contributed by atoms with van der Waals surface area (Å²) in [6.45, 7) is 5.99. The highest BCUT2D eigenvalue weighted by Crippen LogP contribution is 2.20. The highest BCUT2D eigenvalue weighted by molar-refractivity contribution is 5.83. The zero-order chi connectivity index (χ0) is 15.1. The summed E-state index contributed by atoms with van der Waals surface area (Å²) in [7, 11) is 1.97. The van der Waals surface area contributed by atoms with E-state index >= 15 is 0 Å². The van der Waals surface area contributed by atoms with Gasteiger partial charge in [-0.05, 0) is 43.3 Å². The number of hydrogen-bond acceptors (Lipinski definition) is 3. The zero-order valence-electron chi connectivity index (χ0n) is 13.1. The Hall–Kier alpha value is -1.42. The fourth-order valence-electron chi connectivity index (χ4n) is 2.31. The van der Waals surface area contributed by atoms with Gasteiger partial charge in [0.15, 0.2) is 0 Å². The summed E-state index contributed by atoms with van der Waals surface area (Å²) < 4.78 is 11.2. The smallest absolute Gasteiger partial charge is 0.0703 e. The molecular weight excluding hydrogens is 262 g/mol. The number of rotatable bonds is 8. The van der Waals surface area contributed by atoms with Crippen molar-refractivity contribution in [1.29, 1.82) is 0 Å². The van der Waals surface area contributed by atoms with Crippen LogP contribution in [0.2, 0.25) is 0 Å². The molecule has 21 heavy (non-hydrogen) atoms. The zero-order valence-corrected chi connectivity index (χ0v) is 13.1. The molecule has 0 fully saturated rings. The fourth-order valence-corrected chi connectivity index (χ4v) is 2.31. The largest absolute Gasteiger partial charge is 0.377 e. The van der Waals surface area contributed by atoms with Crippen molar-refractivity contribution in [1.82, 2.24) is 5.32 Å². The molecule has 0 bridgehead atoms. The standard InChI is InChI=1S/C18H25NO2/c1-14(2)21-11-10-20-13-18(19-3)17-9-8-15-6-4-5-7-16(15)12-17/h4-9,12,14,18-19H,10-11,13H2,1-3H3. The van der Waals surface area contributed by atoms with E-state index in [9.17, 15) is 0 Å². The van der Waals surface area contributed by atoms with Gasteiger partial charge in [-0.3, -0.25) is 0 Å². The third-order valence-corrected chi connectivity index (χ3v) is 3.49. The Morgan fingerprint density at radius 1 is 1.00 bits per heavy atom. The Morgan fingerprint density at radius 2 is 1.76 bits per heavy atom. The van der Waals surface area contributed by atoms with Gasteiger partial charge in [0.25, 0.3) is 0 Å². The van der Waals surface area contributed by atoms with Crippen LogP contribution in [-0.2, 0) is 9.47 Å². The average Bonchev–Trinajstić information content (AvgIpc) is 2.50. The molecule has 0 aliphatic carbocycles. The molecule has 0 heterocycles. The van der Waals surface area contributed by atoms with Gasteiger partial charge < -0.3 is 14.8 Å². The lowest BCUT2D eigenvalue weighted by atomic mass is 10.0. The second-order valence-electron chi connectivity index (χ2n) is 5.44. The Morgan fingerprint density at radius 3 is 2.48 bits per heavy atom. The maximum Gasteiger partial charge on any atom is 0.0703 e. The van der Waals surface area contributed by atoms with Gasteiger partial charge >= 0.3 is 0 Å². The van der Waals surface area contributed by atoms with Gasteiger partial charge in [0.05, 0.1) is 32.0 Å². The molecule has 1 atom stereocenters. The van der Waals surface area contributed by atoms with E-state index < -0.39 is 0 Å². The van der Waals surface area contributed by atoms with Crippen molar-refractivity contribution < 1.29 is 9.47 Å². The van der Waals surface area contributed by atoms with Crippen LogP contribution in [0.5, 0.6) is 0 Å². The molecule has 0 radical (unpaired) electrons. The number of benzene rings is 2. The lowest BCUT2D eigenvalue weighted by Gasteiger charge is -2.18. The van der Waals surface area contributed by atoms with Gasteiger partial charge in [-0.1, -0.05) is 36.4 Å². The quantitative estimate of drug-likeness (QED) is 0.753. The first kappa shape index (κ1) is 16.0. The normalized spacial score (nSPS) is 13.0. The predicted octanol–water partition coefficient (Wildman–Crippen LogP) is 3.54. The molecule has 3 heteroatoms. The molecule has 0 aliphatic rings. The predicted molar refractivity (Wildman–Crippen MR) is 87.7 cm³/mol. The molecule has 0 saturated heterocycles. The summed E-state index contributed by atoms with van der Waals surface area (Å²) in [5.41, 5.74) is 1.25. The van der Waals surface area contributed by atoms with E-state index in [2.05, 4.69) is 47.8 Å². The number of nitrogens with one attached hydrogen (secondary N) is 1. The van der Waals surface area contributed by atoms with E-state index in [1.165, 1.54) is 16.3 Å². The first-order chi connectivity index (χ1) is 10.2. The SMILES string of the molecule is CNC(COCCOC(C)C)c1ccc2ccccc2c1. The van der Waals surface area contributed by atoms with E-state index in [-0.39, 0.29) is 12.1 Å². The van der Waals surface area contributed by atoms with E-state index in [4.69, 9.17) is 9.47 Å². The minimum atomic E-state index is 0.202. The van der Waals surface area contributed by atoms with Crippen LogP contribution in [0.15, 0.2) is 42.5 Å². The Balaban J connectivity index is 1.92. The highest BCUT2D eigenvalue weighted by Gasteiger charge is 2.10. The lowest BCUT2D eigenvalue weighted by molar-refractivity contribution is 0.0142. The molecule has 1 N–H and O–H groups in total. The van der Waals surface area contributed by atoms with Crippen LogP contribution >= 0.6 is 0 Å². The number of hydrogen-bond donors (Lipinski definition) is 1. The highest BCUT2D eigenvalue weighted by atomic mass is 16.5. The van der Waals surface area contributed by atoms with E-state index in [1.54, 1.807) is 0 Å². The van der Waals surface area contributed by atoms with Gasteiger partial charge in [-0.15, -0.1) is 0 Å². The third kappa shape index (κ3) is 4.81. The summed E-state index contributed by atoms with van der Waals surface area (Å²) >= 11 is 0. The second-order valence-corrected chi connectivity index (χ2v) is 5.44. The van der Waals surface area contributed by atoms with Crippen molar-refractivity contribution in [2.75, 3.05) is 26.9 Å². The average molecular weight is 287 g/mol. The van der Waals surface area contributed by atoms with Gasteiger partial charge in [0.1, 0.15) is 0 Å². The van der Waals surface area contributed by atoms with Gasteiger partial charge in [-0.25, -0.2) is 0 Å². The summed E-state index contributed by atoms with van der Waals surface area (Å²) in [4.78, 5) is 0. The number of ether oxygens (including phenoxy) is 2. The first-order valence-electron chi connectivity index (χ1n) is 7.56. The van der Waals surface area contributed by atoms with Gasteiger partial charge in [0.2, 0.25) is 0 Å². The molecule has 0 saturated carbocycles. The minimum Gasteiger partial charge on any atom is -0.377 e. The Labute approximate surface area is 127 Å². The van der Waals surface area contributed by atoms with Crippen LogP contribution in [0, 0.1) is 0 Å².